The van der Waals surface area contributed by atoms with Crippen LogP contribution in [0.1, 0.15) is 12.5 Å². The fraction of sp³-hybridized carbons (Fsp3) is 0.273. The van der Waals surface area contributed by atoms with Crippen molar-refractivity contribution in [3.05, 3.63) is 46.4 Å². The van der Waals surface area contributed by atoms with Crippen molar-refractivity contribution in [2.75, 3.05) is 6.61 Å². The maximum Gasteiger partial charge on any atom is 0.439 e. The van der Waals surface area contributed by atoms with Gasteiger partial charge in [-0.2, -0.15) is 4.68 Å². The number of nitrogens with zero attached hydrogens (tertiary/aromatic N) is 2. The molecule has 0 amide bonds. The molecule has 0 saturated heterocycles. The van der Waals surface area contributed by atoms with E-state index in [4.69, 9.17) is 9.15 Å². The normalized spacial score (nSPS) is 10.3. The predicted octanol–water partition coefficient (Wildman–Crippen LogP) is 1.28. The van der Waals surface area contributed by atoms with Crippen LogP contribution in [0.25, 0.3) is 0 Å². The van der Waals surface area contributed by atoms with Gasteiger partial charge in [0.2, 0.25) is 0 Å². The molecule has 2 aromatic rings. The van der Waals surface area contributed by atoms with Crippen LogP contribution in [0.5, 0.6) is 6.08 Å². The van der Waals surface area contributed by atoms with E-state index in [1.807, 2.05) is 30.3 Å². The third-order valence-electron chi connectivity index (χ3n) is 2.03. The van der Waals surface area contributed by atoms with Crippen LogP contribution in [0.15, 0.2) is 39.5 Å². The Labute approximate surface area is 92.3 Å². The van der Waals surface area contributed by atoms with Crippen molar-refractivity contribution >= 4 is 0 Å². The van der Waals surface area contributed by atoms with E-state index in [0.717, 1.165) is 5.56 Å². The molecule has 84 valence electrons. The first-order valence-corrected chi connectivity index (χ1v) is 5.04. The Hall–Kier alpha value is -2.04. The average Bonchev–Trinajstić information content (AvgIpc) is 2.61. The molecule has 0 atom stereocenters. The number of benzene rings is 1. The van der Waals surface area contributed by atoms with Crippen molar-refractivity contribution in [3.8, 4) is 6.08 Å². The molecule has 0 unspecified atom stereocenters. The fourth-order valence-corrected chi connectivity index (χ4v) is 1.33. The second-order valence-corrected chi connectivity index (χ2v) is 3.21. The van der Waals surface area contributed by atoms with Crippen molar-refractivity contribution in [1.82, 2.24) is 9.78 Å². The lowest BCUT2D eigenvalue weighted by molar-refractivity contribution is 0.238. The minimum atomic E-state index is -0.507. The highest BCUT2D eigenvalue weighted by molar-refractivity contribution is 5.14. The summed E-state index contributed by atoms with van der Waals surface area (Å²) in [6, 6.07) is 9.57. The smallest absolute Gasteiger partial charge is 0.439 e. The van der Waals surface area contributed by atoms with Gasteiger partial charge in [-0.1, -0.05) is 35.4 Å². The molecule has 0 radical (unpaired) electrons. The number of hydrogen-bond donors (Lipinski definition) is 0. The standard InChI is InChI=1S/C11H12N2O3/c1-2-15-10-12-13(11(14)16-10)8-9-6-4-3-5-7-9/h3-7H,2,8H2,1H3. The van der Waals surface area contributed by atoms with Gasteiger partial charge in [0, 0.05) is 0 Å². The van der Waals surface area contributed by atoms with E-state index < -0.39 is 5.76 Å². The van der Waals surface area contributed by atoms with Crippen molar-refractivity contribution in [2.45, 2.75) is 13.5 Å². The van der Waals surface area contributed by atoms with Crippen molar-refractivity contribution < 1.29 is 9.15 Å². The van der Waals surface area contributed by atoms with E-state index in [1.54, 1.807) is 6.92 Å². The number of rotatable bonds is 4. The molecular weight excluding hydrogens is 208 g/mol. The molecule has 1 aromatic carbocycles. The summed E-state index contributed by atoms with van der Waals surface area (Å²) in [4.78, 5) is 11.4. The first-order valence-electron chi connectivity index (χ1n) is 5.04. The van der Waals surface area contributed by atoms with Gasteiger partial charge < -0.3 is 9.15 Å². The predicted molar refractivity (Wildman–Crippen MR) is 57.5 cm³/mol. The van der Waals surface area contributed by atoms with Crippen molar-refractivity contribution in [2.24, 2.45) is 0 Å². The number of aromatic nitrogens is 2. The molecule has 2 rings (SSSR count). The van der Waals surface area contributed by atoms with E-state index in [2.05, 4.69) is 5.10 Å². The van der Waals surface area contributed by atoms with E-state index in [-0.39, 0.29) is 6.08 Å². The molecule has 0 saturated carbocycles. The fourth-order valence-electron chi connectivity index (χ4n) is 1.33. The second kappa shape index (κ2) is 4.65. The maximum atomic E-state index is 11.4. The Morgan fingerprint density at radius 1 is 1.38 bits per heavy atom. The molecule has 5 heteroatoms. The topological polar surface area (TPSA) is 57.3 Å². The minimum absolute atomic E-state index is 0.0171. The highest BCUT2D eigenvalue weighted by Crippen LogP contribution is 2.04. The Morgan fingerprint density at radius 3 is 2.81 bits per heavy atom. The molecule has 0 N–H and O–H groups in total. The van der Waals surface area contributed by atoms with E-state index in [1.165, 1.54) is 4.68 Å². The van der Waals surface area contributed by atoms with Gasteiger partial charge in [0.05, 0.1) is 13.2 Å². The summed E-state index contributed by atoms with van der Waals surface area (Å²) in [5, 5.41) is 3.91. The van der Waals surface area contributed by atoms with E-state index in [9.17, 15) is 4.79 Å². The van der Waals surface area contributed by atoms with Crippen molar-refractivity contribution in [1.29, 1.82) is 0 Å². The molecule has 0 spiro atoms. The van der Waals surface area contributed by atoms with Gasteiger partial charge >= 0.3 is 11.8 Å². The summed E-state index contributed by atoms with van der Waals surface area (Å²) < 4.78 is 11.0. The largest absolute Gasteiger partial charge is 0.449 e. The van der Waals surface area contributed by atoms with E-state index >= 15 is 0 Å². The number of ether oxygens (including phenoxy) is 1. The SMILES string of the molecule is CCOc1nn(Cc2ccccc2)c(=O)o1. The molecule has 5 nitrogen and oxygen atoms in total. The first-order chi connectivity index (χ1) is 7.79. The first kappa shape index (κ1) is 10.5. The van der Waals surface area contributed by atoms with Crippen LogP contribution >= 0.6 is 0 Å². The van der Waals surface area contributed by atoms with Crippen LogP contribution in [0.4, 0.5) is 0 Å². The van der Waals surface area contributed by atoms with Gasteiger partial charge in [-0.05, 0) is 12.5 Å². The lowest BCUT2D eigenvalue weighted by Gasteiger charge is -1.97. The van der Waals surface area contributed by atoms with Crippen LogP contribution in [0, 0.1) is 0 Å². The molecule has 1 heterocycles. The molecule has 0 aliphatic heterocycles. The van der Waals surface area contributed by atoms with Crippen LogP contribution < -0.4 is 10.5 Å². The van der Waals surface area contributed by atoms with Gasteiger partial charge in [0.25, 0.3) is 0 Å². The lowest BCUT2D eigenvalue weighted by atomic mass is 10.2. The summed E-state index contributed by atoms with van der Waals surface area (Å²) >= 11 is 0. The molecule has 0 fully saturated rings. The minimum Gasteiger partial charge on any atom is -0.449 e. The Morgan fingerprint density at radius 2 is 2.12 bits per heavy atom. The van der Waals surface area contributed by atoms with Gasteiger partial charge in [-0.3, -0.25) is 0 Å². The zero-order valence-electron chi connectivity index (χ0n) is 8.92. The molecule has 0 bridgehead atoms. The number of hydrogen-bond acceptors (Lipinski definition) is 4. The van der Waals surface area contributed by atoms with Gasteiger partial charge in [0.15, 0.2) is 0 Å². The maximum absolute atomic E-state index is 11.4. The molecule has 1 aromatic heterocycles. The third-order valence-corrected chi connectivity index (χ3v) is 2.03. The van der Waals surface area contributed by atoms with Gasteiger partial charge in [-0.25, -0.2) is 4.79 Å². The van der Waals surface area contributed by atoms with Gasteiger partial charge in [-0.15, -0.1) is 0 Å². The molecular formula is C11H12N2O3. The molecule has 0 aliphatic carbocycles. The quantitative estimate of drug-likeness (QED) is 0.778. The monoisotopic (exact) mass is 220 g/mol. The van der Waals surface area contributed by atoms with Crippen LogP contribution in [-0.2, 0) is 6.54 Å². The van der Waals surface area contributed by atoms with Crippen molar-refractivity contribution in [3.63, 3.8) is 0 Å². The van der Waals surface area contributed by atoms with Crippen LogP contribution in [-0.4, -0.2) is 16.4 Å². The molecule has 16 heavy (non-hydrogen) atoms. The summed E-state index contributed by atoms with van der Waals surface area (Å²) in [6.07, 6.45) is 0.0171. The highest BCUT2D eigenvalue weighted by Gasteiger charge is 2.08. The summed E-state index contributed by atoms with van der Waals surface area (Å²) in [5.74, 6) is -0.507. The van der Waals surface area contributed by atoms with Crippen LogP contribution in [0.2, 0.25) is 0 Å². The Balaban J connectivity index is 2.19. The zero-order valence-corrected chi connectivity index (χ0v) is 8.92. The highest BCUT2D eigenvalue weighted by atomic mass is 16.6. The van der Waals surface area contributed by atoms with E-state index in [0.29, 0.717) is 13.2 Å². The second-order valence-electron chi connectivity index (χ2n) is 3.21. The van der Waals surface area contributed by atoms with Gasteiger partial charge in [0.1, 0.15) is 0 Å². The lowest BCUT2D eigenvalue weighted by Crippen LogP contribution is -2.16. The Kier molecular flexibility index (Phi) is 3.05. The summed E-state index contributed by atoms with van der Waals surface area (Å²) in [6.45, 7) is 2.61. The average molecular weight is 220 g/mol. The summed E-state index contributed by atoms with van der Waals surface area (Å²) in [7, 11) is 0. The Bertz CT molecular complexity index is 501. The van der Waals surface area contributed by atoms with Crippen LogP contribution in [0.3, 0.4) is 0 Å². The zero-order chi connectivity index (χ0) is 11.4. The summed E-state index contributed by atoms with van der Waals surface area (Å²) in [5.41, 5.74) is 0.987. The molecule has 0 aliphatic rings. The third kappa shape index (κ3) is 2.31.